The number of anilines is 1. The van der Waals surface area contributed by atoms with Gasteiger partial charge in [0.25, 0.3) is 0 Å². The molecule has 7 nitrogen and oxygen atoms in total. The molecule has 0 atom stereocenters. The summed E-state index contributed by atoms with van der Waals surface area (Å²) < 4.78 is 1.62. The van der Waals surface area contributed by atoms with E-state index in [1.54, 1.807) is 11.7 Å². The van der Waals surface area contributed by atoms with Crippen LogP contribution in [-0.4, -0.2) is 36.7 Å². The fourth-order valence-corrected chi connectivity index (χ4v) is 2.22. The summed E-state index contributed by atoms with van der Waals surface area (Å²) in [6, 6.07) is 1.91. The van der Waals surface area contributed by atoms with E-state index in [0.717, 1.165) is 23.2 Å². The molecule has 20 heavy (non-hydrogen) atoms. The maximum atomic E-state index is 4.61. The number of nitrogens with one attached hydrogen (secondary N) is 1. The zero-order valence-electron chi connectivity index (χ0n) is 12.4. The number of aromatic nitrogens is 6. The first kappa shape index (κ1) is 14.7. The second kappa shape index (κ2) is 5.74. The molecule has 2 aromatic rings. The van der Waals surface area contributed by atoms with Crippen LogP contribution in [0.25, 0.3) is 0 Å². The molecule has 1 N–H and O–H groups in total. The van der Waals surface area contributed by atoms with Crippen molar-refractivity contribution in [2.45, 2.75) is 43.3 Å². The van der Waals surface area contributed by atoms with E-state index in [1.165, 1.54) is 11.8 Å². The van der Waals surface area contributed by atoms with Crippen LogP contribution in [0.5, 0.6) is 0 Å². The standard InChI is InChI=1S/C12H19N7S/c1-6-13-8-7-9(15-10(14-8)12(2,3)4)20-11-16-17-18-19(11)5/h7H,6H2,1-5H3,(H,13,14,15). The number of nitrogens with zero attached hydrogens (tertiary/aromatic N) is 6. The van der Waals surface area contributed by atoms with Gasteiger partial charge in [-0.2, -0.15) is 0 Å². The lowest BCUT2D eigenvalue weighted by molar-refractivity contribution is 0.539. The molecule has 2 rings (SSSR count). The first-order valence-corrected chi connectivity index (χ1v) is 7.25. The molecule has 0 aliphatic heterocycles. The minimum Gasteiger partial charge on any atom is -0.370 e. The molecule has 2 heterocycles. The Kier molecular flexibility index (Phi) is 4.22. The monoisotopic (exact) mass is 293 g/mol. The van der Waals surface area contributed by atoms with Gasteiger partial charge in [-0.15, -0.1) is 5.10 Å². The van der Waals surface area contributed by atoms with Crippen LogP contribution in [0.2, 0.25) is 0 Å². The van der Waals surface area contributed by atoms with E-state index in [4.69, 9.17) is 0 Å². The van der Waals surface area contributed by atoms with E-state index in [-0.39, 0.29) is 5.41 Å². The smallest absolute Gasteiger partial charge is 0.215 e. The molecule has 8 heteroatoms. The van der Waals surface area contributed by atoms with Crippen LogP contribution in [0.3, 0.4) is 0 Å². The van der Waals surface area contributed by atoms with Crippen LogP contribution >= 0.6 is 11.8 Å². The van der Waals surface area contributed by atoms with E-state index in [9.17, 15) is 0 Å². The molecule has 0 fully saturated rings. The van der Waals surface area contributed by atoms with Crippen molar-refractivity contribution in [2.75, 3.05) is 11.9 Å². The van der Waals surface area contributed by atoms with E-state index < -0.39 is 0 Å². The van der Waals surface area contributed by atoms with E-state index in [2.05, 4.69) is 51.6 Å². The number of rotatable bonds is 4. The van der Waals surface area contributed by atoms with Crippen molar-refractivity contribution in [1.82, 2.24) is 30.2 Å². The van der Waals surface area contributed by atoms with Crippen molar-refractivity contribution in [1.29, 1.82) is 0 Å². The highest BCUT2D eigenvalue weighted by molar-refractivity contribution is 7.99. The molecular weight excluding hydrogens is 274 g/mol. The van der Waals surface area contributed by atoms with Gasteiger partial charge >= 0.3 is 0 Å². The van der Waals surface area contributed by atoms with Crippen LogP contribution in [0, 0.1) is 0 Å². The van der Waals surface area contributed by atoms with Crippen molar-refractivity contribution >= 4 is 17.6 Å². The average molecular weight is 293 g/mol. The minimum atomic E-state index is -0.112. The first-order chi connectivity index (χ1) is 9.40. The highest BCUT2D eigenvalue weighted by Gasteiger charge is 2.20. The van der Waals surface area contributed by atoms with Crippen molar-refractivity contribution in [3.05, 3.63) is 11.9 Å². The van der Waals surface area contributed by atoms with Crippen molar-refractivity contribution in [3.63, 3.8) is 0 Å². The topological polar surface area (TPSA) is 81.4 Å². The molecule has 0 aromatic carbocycles. The summed E-state index contributed by atoms with van der Waals surface area (Å²) in [5.74, 6) is 1.62. The average Bonchev–Trinajstić information content (AvgIpc) is 2.74. The Hall–Kier alpha value is -1.70. The van der Waals surface area contributed by atoms with E-state index >= 15 is 0 Å². The van der Waals surface area contributed by atoms with Crippen LogP contribution in [0.1, 0.15) is 33.5 Å². The quantitative estimate of drug-likeness (QED) is 0.862. The lowest BCUT2D eigenvalue weighted by atomic mass is 9.96. The maximum absolute atomic E-state index is 4.61. The number of aryl methyl sites for hydroxylation is 1. The Balaban J connectivity index is 2.36. The highest BCUT2D eigenvalue weighted by Crippen LogP contribution is 2.28. The largest absolute Gasteiger partial charge is 0.370 e. The van der Waals surface area contributed by atoms with Gasteiger partial charge in [0.15, 0.2) is 0 Å². The van der Waals surface area contributed by atoms with Gasteiger partial charge in [-0.05, 0) is 29.1 Å². The van der Waals surface area contributed by atoms with E-state index in [1.807, 2.05) is 13.0 Å². The summed E-state index contributed by atoms with van der Waals surface area (Å²) in [6.45, 7) is 9.14. The van der Waals surface area contributed by atoms with Crippen molar-refractivity contribution < 1.29 is 0 Å². The van der Waals surface area contributed by atoms with E-state index in [0.29, 0.717) is 5.16 Å². The van der Waals surface area contributed by atoms with Gasteiger partial charge in [0.2, 0.25) is 5.16 Å². The lowest BCUT2D eigenvalue weighted by Crippen LogP contribution is -2.17. The van der Waals surface area contributed by atoms with Crippen LogP contribution in [0.4, 0.5) is 5.82 Å². The van der Waals surface area contributed by atoms with Crippen LogP contribution in [0.15, 0.2) is 16.2 Å². The van der Waals surface area contributed by atoms with Gasteiger partial charge < -0.3 is 5.32 Å². The normalized spacial score (nSPS) is 11.7. The predicted octanol–water partition coefficient (Wildman–Crippen LogP) is 1.88. The molecular formula is C12H19N7S. The number of tetrazole rings is 1. The van der Waals surface area contributed by atoms with Gasteiger partial charge in [0, 0.05) is 25.1 Å². The Morgan fingerprint density at radius 2 is 2.05 bits per heavy atom. The molecule has 0 unspecified atom stereocenters. The Bertz CT molecular complexity index is 588. The zero-order chi connectivity index (χ0) is 14.8. The molecule has 0 bridgehead atoms. The fraction of sp³-hybridized carbons (Fsp3) is 0.583. The van der Waals surface area contributed by atoms with Crippen molar-refractivity contribution in [2.24, 2.45) is 7.05 Å². The first-order valence-electron chi connectivity index (χ1n) is 6.44. The Morgan fingerprint density at radius 3 is 2.60 bits per heavy atom. The summed E-state index contributed by atoms with van der Waals surface area (Å²) in [5.41, 5.74) is -0.112. The van der Waals surface area contributed by atoms with Gasteiger partial charge in [-0.3, -0.25) is 0 Å². The predicted molar refractivity (Wildman–Crippen MR) is 77.8 cm³/mol. The molecule has 0 aliphatic rings. The SMILES string of the molecule is CCNc1cc(Sc2nnnn2C)nc(C(C)(C)C)n1. The molecule has 0 amide bonds. The molecule has 108 valence electrons. The maximum Gasteiger partial charge on any atom is 0.215 e. The fourth-order valence-electron chi connectivity index (χ4n) is 1.49. The second-order valence-electron chi connectivity index (χ2n) is 5.38. The second-order valence-corrected chi connectivity index (χ2v) is 6.37. The minimum absolute atomic E-state index is 0.112. The lowest BCUT2D eigenvalue weighted by Gasteiger charge is -2.18. The third-order valence-electron chi connectivity index (χ3n) is 2.51. The Labute approximate surface area is 122 Å². The zero-order valence-corrected chi connectivity index (χ0v) is 13.2. The molecule has 0 aliphatic carbocycles. The third kappa shape index (κ3) is 3.44. The number of hydrogen-bond donors (Lipinski definition) is 1. The summed E-state index contributed by atoms with van der Waals surface area (Å²) in [4.78, 5) is 9.16. The van der Waals surface area contributed by atoms with Crippen LogP contribution in [-0.2, 0) is 12.5 Å². The summed E-state index contributed by atoms with van der Waals surface area (Å²) in [6.07, 6.45) is 0. The molecule has 0 saturated carbocycles. The van der Waals surface area contributed by atoms with Crippen LogP contribution < -0.4 is 5.32 Å². The molecule has 0 spiro atoms. The third-order valence-corrected chi connectivity index (χ3v) is 3.46. The van der Waals surface area contributed by atoms with Gasteiger partial charge in [0.05, 0.1) is 0 Å². The molecule has 0 radical (unpaired) electrons. The highest BCUT2D eigenvalue weighted by atomic mass is 32.2. The van der Waals surface area contributed by atoms with Gasteiger partial charge in [-0.25, -0.2) is 14.6 Å². The molecule has 0 saturated heterocycles. The number of hydrogen-bond acceptors (Lipinski definition) is 7. The summed E-state index contributed by atoms with van der Waals surface area (Å²) >= 11 is 1.43. The Morgan fingerprint density at radius 1 is 1.30 bits per heavy atom. The summed E-state index contributed by atoms with van der Waals surface area (Å²) in [7, 11) is 1.80. The summed E-state index contributed by atoms with van der Waals surface area (Å²) in [5, 5.41) is 16.2. The van der Waals surface area contributed by atoms with Gasteiger partial charge in [0.1, 0.15) is 16.7 Å². The molecule has 2 aromatic heterocycles. The van der Waals surface area contributed by atoms with Gasteiger partial charge in [-0.1, -0.05) is 20.8 Å². The van der Waals surface area contributed by atoms with Crippen molar-refractivity contribution in [3.8, 4) is 0 Å².